The van der Waals surface area contributed by atoms with Crippen molar-refractivity contribution in [2.45, 2.75) is 50.6 Å². The van der Waals surface area contributed by atoms with Crippen molar-refractivity contribution in [2.24, 2.45) is 0 Å². The third-order valence-corrected chi connectivity index (χ3v) is 29.0. The van der Waals surface area contributed by atoms with Gasteiger partial charge in [-0.15, -0.1) is 24.8 Å². The number of rotatable bonds is 5. The third kappa shape index (κ3) is 5.68. The minimum absolute atomic E-state index is 0. The largest absolute Gasteiger partial charge is 0.147 e. The summed E-state index contributed by atoms with van der Waals surface area (Å²) in [6, 6.07) is 41.3. The van der Waals surface area contributed by atoms with E-state index in [1.165, 1.54) is 66.1 Å². The molecule has 2 aliphatic rings. The Morgan fingerprint density at radius 1 is 0.551 bits per heavy atom. The zero-order valence-electron chi connectivity index (χ0n) is 29.4. The predicted molar refractivity (Wildman–Crippen MR) is 220 cm³/mol. The number of aryl methyl sites for hydroxylation is 2. The molecule has 0 nitrogen and oxygen atoms in total. The van der Waals surface area contributed by atoms with E-state index >= 15 is 0 Å². The van der Waals surface area contributed by atoms with Gasteiger partial charge in [0.2, 0.25) is 0 Å². The van der Waals surface area contributed by atoms with Gasteiger partial charge >= 0.3 is 285 Å². The summed E-state index contributed by atoms with van der Waals surface area (Å²) in [5.74, 6) is 0. The van der Waals surface area contributed by atoms with Gasteiger partial charge in [-0.05, 0) is 0 Å². The summed E-state index contributed by atoms with van der Waals surface area (Å²) < 4.78 is 6.55. The average molecular weight is 777 g/mol. The first-order chi connectivity index (χ1) is 22.5. The first-order valence-corrected chi connectivity index (χ1v) is 30.9. The minimum Gasteiger partial charge on any atom is -0.147 e. The molecule has 2 aliphatic carbocycles. The van der Waals surface area contributed by atoms with E-state index in [1.54, 1.807) is 22.3 Å². The Hall–Kier alpha value is -3.00. The van der Waals surface area contributed by atoms with Crippen LogP contribution in [0.15, 0.2) is 120 Å². The van der Waals surface area contributed by atoms with Gasteiger partial charge in [-0.25, -0.2) is 0 Å². The molecule has 0 N–H and O–H groups in total. The van der Waals surface area contributed by atoms with Gasteiger partial charge in [-0.2, -0.15) is 0 Å². The van der Waals surface area contributed by atoms with E-state index in [0.717, 1.165) is 6.42 Å². The quantitative estimate of drug-likeness (QED) is 0.153. The van der Waals surface area contributed by atoms with Gasteiger partial charge in [0.25, 0.3) is 0 Å². The molecule has 6 aromatic carbocycles. The summed E-state index contributed by atoms with van der Waals surface area (Å²) in [5, 5.41) is 5.29. The Labute approximate surface area is 307 Å². The molecule has 49 heavy (non-hydrogen) atoms. The molecule has 6 aromatic rings. The molecule has 4 heteroatoms. The SMILES string of the molecule is CCC1=Cc2c(-c3cccc4ccccc34)cc(C)cc2[CH]1[Zr]([CH3])([CH3])(=[SiH2])[CH]1C(C)=Cc2c(-c3cccc4ccccc34)cc(C)cc21.Cl.Cl. The Bertz CT molecular complexity index is 2420. The molecule has 248 valence electrons. The first kappa shape index (κ1) is 35.8. The number of benzene rings is 6. The molecule has 2 unspecified atom stereocenters. The average Bonchev–Trinajstić information content (AvgIpc) is 3.61. The molecule has 2 atom stereocenters. The van der Waals surface area contributed by atoms with E-state index in [2.05, 4.69) is 165 Å². The topological polar surface area (TPSA) is 0 Å². The van der Waals surface area contributed by atoms with Crippen LogP contribution in [-0.2, 0) is 17.4 Å². The van der Waals surface area contributed by atoms with Crippen LogP contribution in [0.3, 0.4) is 0 Å². The van der Waals surface area contributed by atoms with Crippen LogP contribution < -0.4 is 0 Å². The third-order valence-electron chi connectivity index (χ3n) is 11.3. The maximum Gasteiger partial charge on any atom is -0.147 e. The van der Waals surface area contributed by atoms with Crippen molar-refractivity contribution >= 4 is 65.4 Å². The Morgan fingerprint density at radius 3 is 1.51 bits per heavy atom. The molecule has 8 rings (SSSR count). The van der Waals surface area contributed by atoms with E-state index < -0.39 is 17.4 Å². The fourth-order valence-corrected chi connectivity index (χ4v) is 30.3. The van der Waals surface area contributed by atoms with E-state index in [0.29, 0.717) is 7.25 Å². The van der Waals surface area contributed by atoms with Crippen molar-refractivity contribution in [1.82, 2.24) is 0 Å². The maximum atomic E-state index is 2.78. The van der Waals surface area contributed by atoms with Gasteiger partial charge in [0.15, 0.2) is 0 Å². The van der Waals surface area contributed by atoms with Crippen LogP contribution in [0, 0.1) is 13.8 Å². The summed E-state index contributed by atoms with van der Waals surface area (Å²) in [6.07, 6.45) is 6.26. The number of hydrogen-bond donors (Lipinski definition) is 0. The molecule has 0 amide bonds. The molecule has 0 fully saturated rings. The molecule has 0 saturated heterocycles. The molecular weight excluding hydrogens is 731 g/mol. The smallest absolute Gasteiger partial charge is 0.147 e. The fourth-order valence-electron chi connectivity index (χ4n) is 9.69. The van der Waals surface area contributed by atoms with Crippen molar-refractivity contribution in [3.8, 4) is 22.3 Å². The predicted octanol–water partition coefficient (Wildman–Crippen LogP) is 13.1. The zero-order chi connectivity index (χ0) is 32.7. The molecule has 0 aromatic heterocycles. The van der Waals surface area contributed by atoms with E-state index in [4.69, 9.17) is 0 Å². The normalized spacial score (nSPS) is 16.8. The van der Waals surface area contributed by atoms with Gasteiger partial charge < -0.3 is 0 Å². The molecule has 0 aliphatic heterocycles. The number of halogens is 2. The first-order valence-electron chi connectivity index (χ1n) is 17.3. The van der Waals surface area contributed by atoms with Gasteiger partial charge in [-0.3, -0.25) is 0 Å². The molecule has 0 saturated carbocycles. The zero-order valence-corrected chi connectivity index (χ0v) is 34.9. The van der Waals surface area contributed by atoms with Crippen LogP contribution in [0.2, 0.25) is 9.26 Å². The Balaban J connectivity index is 0.00000208. The van der Waals surface area contributed by atoms with Crippen LogP contribution in [0.5, 0.6) is 0 Å². The van der Waals surface area contributed by atoms with Crippen molar-refractivity contribution in [3.63, 3.8) is 0 Å². The van der Waals surface area contributed by atoms with Gasteiger partial charge in [0, 0.05) is 0 Å². The molecule has 0 radical (unpaired) electrons. The summed E-state index contributed by atoms with van der Waals surface area (Å²) >= 11 is -3.73. The number of fused-ring (bicyclic) bond motifs is 4. The second-order valence-corrected chi connectivity index (χ2v) is 45.9. The monoisotopic (exact) mass is 774 g/mol. The molecule has 0 bridgehead atoms. The van der Waals surface area contributed by atoms with Crippen molar-refractivity contribution < 1.29 is 17.4 Å². The minimum atomic E-state index is -3.73. The number of hydrogen-bond acceptors (Lipinski definition) is 0. The summed E-state index contributed by atoms with van der Waals surface area (Å²) in [7, 11) is 0. The van der Waals surface area contributed by atoms with Crippen LogP contribution in [-0.4, -0.2) is 6.88 Å². The van der Waals surface area contributed by atoms with E-state index in [1.807, 2.05) is 0 Å². The van der Waals surface area contributed by atoms with E-state index in [9.17, 15) is 0 Å². The van der Waals surface area contributed by atoms with Crippen molar-refractivity contribution in [2.75, 3.05) is 0 Å². The van der Waals surface area contributed by atoms with Gasteiger partial charge in [-0.1, -0.05) is 0 Å². The van der Waals surface area contributed by atoms with Crippen LogP contribution in [0.4, 0.5) is 0 Å². The summed E-state index contributed by atoms with van der Waals surface area (Å²) in [6.45, 7) is 11.9. The van der Waals surface area contributed by atoms with Gasteiger partial charge in [0.1, 0.15) is 0 Å². The fraction of sp³-hybridized carbons (Fsp3) is 0.200. The molecule has 0 spiro atoms. The van der Waals surface area contributed by atoms with E-state index in [-0.39, 0.29) is 24.8 Å². The molecule has 0 heterocycles. The number of allylic oxidation sites excluding steroid dienone is 2. The Morgan fingerprint density at radius 2 is 1.00 bits per heavy atom. The van der Waals surface area contributed by atoms with Crippen LogP contribution in [0.1, 0.15) is 60.9 Å². The van der Waals surface area contributed by atoms with Gasteiger partial charge in [0.05, 0.1) is 0 Å². The van der Waals surface area contributed by atoms with Crippen LogP contribution >= 0.6 is 24.8 Å². The standard InChI is InChI=1S/C22H19.C21H17.2CH3.2ClH.H2Si.Zr/c1-3-16-13-18-11-15(2)12-22(21(18)14-16)20-10-6-8-17-7-4-5-9-19(17)20;1-14-10-17-11-15(2)13-21(20(17)12-14)19-9-5-7-16-6-3-4-8-18(16)19;;;;;;/h4-14H,3H2,1-2H3;3-13H,1-2H3;2*1H3;2*1H;1H2;. The molecular formula is C45H46Cl2SiZr. The summed E-state index contributed by atoms with van der Waals surface area (Å²) in [5.41, 5.74) is 17.5. The second-order valence-electron chi connectivity index (χ2n) is 15.4. The Kier molecular flexibility index (Phi) is 9.47. The van der Waals surface area contributed by atoms with Crippen LogP contribution in [0.25, 0.3) is 56.0 Å². The second kappa shape index (κ2) is 13.0. The maximum absolute atomic E-state index is 3.73. The van der Waals surface area contributed by atoms with Crippen molar-refractivity contribution in [3.05, 3.63) is 154 Å². The summed E-state index contributed by atoms with van der Waals surface area (Å²) in [4.78, 5) is 0. The van der Waals surface area contributed by atoms with Crippen molar-refractivity contribution in [1.29, 1.82) is 0 Å².